The van der Waals surface area contributed by atoms with Crippen LogP contribution in [0.3, 0.4) is 0 Å². The molecule has 0 unspecified atom stereocenters. The number of rotatable bonds is 4. The average molecular weight is 246 g/mol. The second-order valence-corrected chi connectivity index (χ2v) is 4.00. The zero-order valence-corrected chi connectivity index (χ0v) is 10.00. The average Bonchev–Trinajstić information content (AvgIpc) is 2.37. The van der Waals surface area contributed by atoms with Crippen molar-refractivity contribution < 1.29 is 15.0 Å². The van der Waals surface area contributed by atoms with E-state index in [0.717, 1.165) is 10.8 Å². The van der Waals surface area contributed by atoms with Crippen molar-refractivity contribution in [2.24, 2.45) is 0 Å². The van der Waals surface area contributed by atoms with Gasteiger partial charge in [0.05, 0.1) is 6.61 Å². The number of carbonyl (C=O) groups is 1. The molecule has 0 aliphatic rings. The number of likely N-dealkylation sites (N-methyl/N-ethyl adjacent to an activating group) is 1. The minimum absolute atomic E-state index is 0.00786. The Kier molecular flexibility index (Phi) is 3.43. The summed E-state index contributed by atoms with van der Waals surface area (Å²) in [4.78, 5) is 16.9. The van der Waals surface area contributed by atoms with Crippen LogP contribution in [0.4, 0.5) is 5.82 Å². The first-order valence-corrected chi connectivity index (χ1v) is 5.58. The van der Waals surface area contributed by atoms with E-state index in [9.17, 15) is 4.79 Å². The topological polar surface area (TPSA) is 73.7 Å². The van der Waals surface area contributed by atoms with Crippen LogP contribution in [0, 0.1) is 0 Å². The highest BCUT2D eigenvalue weighted by atomic mass is 16.4. The lowest BCUT2D eigenvalue weighted by Crippen LogP contribution is -2.23. The van der Waals surface area contributed by atoms with Crippen molar-refractivity contribution in [1.82, 2.24) is 4.98 Å². The molecule has 0 aliphatic carbocycles. The monoisotopic (exact) mass is 246 g/mol. The van der Waals surface area contributed by atoms with E-state index in [1.54, 1.807) is 18.0 Å². The van der Waals surface area contributed by atoms with Gasteiger partial charge < -0.3 is 15.1 Å². The molecule has 0 spiro atoms. The summed E-state index contributed by atoms with van der Waals surface area (Å²) in [5.74, 6) is -0.487. The largest absolute Gasteiger partial charge is 0.477 e. The number of carboxylic acids is 1. The van der Waals surface area contributed by atoms with Crippen molar-refractivity contribution in [3.8, 4) is 0 Å². The van der Waals surface area contributed by atoms with Crippen LogP contribution < -0.4 is 4.90 Å². The molecule has 0 saturated heterocycles. The molecule has 2 N–H and O–H groups in total. The maximum Gasteiger partial charge on any atom is 0.354 e. The third-order valence-electron chi connectivity index (χ3n) is 2.74. The summed E-state index contributed by atoms with van der Waals surface area (Å²) in [5, 5.41) is 19.7. The Morgan fingerprint density at radius 1 is 1.39 bits per heavy atom. The molecule has 0 saturated carbocycles. The quantitative estimate of drug-likeness (QED) is 0.852. The second-order valence-electron chi connectivity index (χ2n) is 4.00. The minimum atomic E-state index is -1.06. The summed E-state index contributed by atoms with van der Waals surface area (Å²) in [6.45, 7) is 0.393. The van der Waals surface area contributed by atoms with E-state index < -0.39 is 5.97 Å². The van der Waals surface area contributed by atoms with Gasteiger partial charge in [-0.2, -0.15) is 0 Å². The lowest BCUT2D eigenvalue weighted by molar-refractivity contribution is 0.0691. The molecular weight excluding hydrogens is 232 g/mol. The van der Waals surface area contributed by atoms with Crippen LogP contribution in [0.1, 0.15) is 10.5 Å². The number of hydrogen-bond acceptors (Lipinski definition) is 4. The van der Waals surface area contributed by atoms with E-state index >= 15 is 0 Å². The molecular formula is C13H14N2O3. The number of aliphatic hydroxyl groups is 1. The van der Waals surface area contributed by atoms with Gasteiger partial charge >= 0.3 is 5.97 Å². The molecule has 0 bridgehead atoms. The molecule has 5 nitrogen and oxygen atoms in total. The highest BCUT2D eigenvalue weighted by Crippen LogP contribution is 2.24. The van der Waals surface area contributed by atoms with Crippen LogP contribution in [-0.4, -0.2) is 41.4 Å². The van der Waals surface area contributed by atoms with E-state index in [-0.39, 0.29) is 12.3 Å². The van der Waals surface area contributed by atoms with Crippen LogP contribution in [0.5, 0.6) is 0 Å². The molecule has 2 aromatic rings. The Morgan fingerprint density at radius 2 is 2.11 bits per heavy atom. The Hall–Kier alpha value is -2.14. The van der Waals surface area contributed by atoms with E-state index in [1.165, 1.54) is 0 Å². The van der Waals surface area contributed by atoms with E-state index in [1.807, 2.05) is 24.3 Å². The van der Waals surface area contributed by atoms with Crippen molar-refractivity contribution in [2.75, 3.05) is 25.1 Å². The molecule has 18 heavy (non-hydrogen) atoms. The van der Waals surface area contributed by atoms with Gasteiger partial charge in [-0.05, 0) is 11.5 Å². The summed E-state index contributed by atoms with van der Waals surface area (Å²) in [6.07, 6.45) is 0. The van der Waals surface area contributed by atoms with Crippen molar-refractivity contribution in [1.29, 1.82) is 0 Å². The Bertz CT molecular complexity index is 583. The van der Waals surface area contributed by atoms with Gasteiger partial charge in [0.1, 0.15) is 5.82 Å². The lowest BCUT2D eigenvalue weighted by Gasteiger charge is -2.19. The molecule has 0 aliphatic heterocycles. The number of nitrogens with zero attached hydrogens (tertiary/aromatic N) is 2. The number of anilines is 1. The Labute approximate surface area is 104 Å². The predicted octanol–water partition coefficient (Wildman–Crippen LogP) is 1.36. The van der Waals surface area contributed by atoms with E-state index in [4.69, 9.17) is 10.2 Å². The van der Waals surface area contributed by atoms with Gasteiger partial charge in [0.25, 0.3) is 0 Å². The number of benzene rings is 1. The molecule has 2 rings (SSSR count). The zero-order valence-electron chi connectivity index (χ0n) is 10.00. The van der Waals surface area contributed by atoms with E-state index in [0.29, 0.717) is 12.4 Å². The molecule has 0 atom stereocenters. The smallest absolute Gasteiger partial charge is 0.354 e. The standard InChI is InChI=1S/C13H14N2O3/c1-15(6-7-16)12-10-5-3-2-4-9(10)8-11(14-12)13(17)18/h2-5,8,16H,6-7H2,1H3,(H,17,18). The maximum atomic E-state index is 11.0. The molecule has 1 aromatic heterocycles. The van der Waals surface area contributed by atoms with Gasteiger partial charge in [-0.25, -0.2) is 9.78 Å². The normalized spacial score (nSPS) is 10.6. The van der Waals surface area contributed by atoms with Crippen molar-refractivity contribution >= 4 is 22.6 Å². The molecule has 5 heteroatoms. The van der Waals surface area contributed by atoms with Gasteiger partial charge in [-0.15, -0.1) is 0 Å². The summed E-state index contributed by atoms with van der Waals surface area (Å²) in [7, 11) is 1.77. The first kappa shape index (κ1) is 12.3. The van der Waals surface area contributed by atoms with Crippen molar-refractivity contribution in [2.45, 2.75) is 0 Å². The van der Waals surface area contributed by atoms with Gasteiger partial charge in [0, 0.05) is 19.0 Å². The van der Waals surface area contributed by atoms with Crippen LogP contribution in [0.2, 0.25) is 0 Å². The van der Waals surface area contributed by atoms with E-state index in [2.05, 4.69) is 4.98 Å². The summed E-state index contributed by atoms with van der Waals surface area (Å²) < 4.78 is 0. The number of aromatic nitrogens is 1. The zero-order chi connectivity index (χ0) is 13.1. The third kappa shape index (κ3) is 2.26. The summed E-state index contributed by atoms with van der Waals surface area (Å²) >= 11 is 0. The van der Waals surface area contributed by atoms with Crippen LogP contribution in [-0.2, 0) is 0 Å². The number of pyridine rings is 1. The lowest BCUT2D eigenvalue weighted by atomic mass is 10.1. The number of fused-ring (bicyclic) bond motifs is 1. The third-order valence-corrected chi connectivity index (χ3v) is 2.74. The van der Waals surface area contributed by atoms with Gasteiger partial charge in [0.2, 0.25) is 0 Å². The molecule has 94 valence electrons. The summed E-state index contributed by atoms with van der Waals surface area (Å²) in [5.41, 5.74) is 0.00786. The predicted molar refractivity (Wildman–Crippen MR) is 69.1 cm³/mol. The van der Waals surface area contributed by atoms with Gasteiger partial charge in [0.15, 0.2) is 5.69 Å². The fourth-order valence-electron chi connectivity index (χ4n) is 1.84. The number of hydrogen-bond donors (Lipinski definition) is 2. The van der Waals surface area contributed by atoms with Crippen LogP contribution in [0.25, 0.3) is 10.8 Å². The molecule has 0 fully saturated rings. The number of aliphatic hydroxyl groups excluding tert-OH is 1. The van der Waals surface area contributed by atoms with Crippen molar-refractivity contribution in [3.63, 3.8) is 0 Å². The van der Waals surface area contributed by atoms with Gasteiger partial charge in [-0.3, -0.25) is 0 Å². The molecule has 0 radical (unpaired) electrons. The highest BCUT2D eigenvalue weighted by molar-refractivity contribution is 5.97. The minimum Gasteiger partial charge on any atom is -0.477 e. The fourth-order valence-corrected chi connectivity index (χ4v) is 1.84. The highest BCUT2D eigenvalue weighted by Gasteiger charge is 2.13. The van der Waals surface area contributed by atoms with Crippen molar-refractivity contribution in [3.05, 3.63) is 36.0 Å². The first-order valence-electron chi connectivity index (χ1n) is 5.58. The maximum absolute atomic E-state index is 11.0. The SMILES string of the molecule is CN(CCO)c1nc(C(=O)O)cc2ccccc12. The fraction of sp³-hybridized carbons (Fsp3) is 0.231. The molecule has 1 aromatic carbocycles. The van der Waals surface area contributed by atoms with Crippen LogP contribution in [0.15, 0.2) is 30.3 Å². The molecule has 1 heterocycles. The van der Waals surface area contributed by atoms with Gasteiger partial charge in [-0.1, -0.05) is 24.3 Å². The number of aromatic carboxylic acids is 1. The first-order chi connectivity index (χ1) is 8.63. The number of carboxylic acid groups (broad SMARTS) is 1. The Balaban J connectivity index is 2.64. The van der Waals surface area contributed by atoms with Crippen LogP contribution >= 0.6 is 0 Å². The summed E-state index contributed by atoms with van der Waals surface area (Å²) in [6, 6.07) is 9.01. The second kappa shape index (κ2) is 5.01. The molecule has 0 amide bonds. The Morgan fingerprint density at radius 3 is 2.78 bits per heavy atom.